The van der Waals surface area contributed by atoms with Crippen LogP contribution in [0.15, 0.2) is 34.8 Å². The van der Waals surface area contributed by atoms with Gasteiger partial charge >= 0.3 is 0 Å². The molecule has 2 aromatic rings. The van der Waals surface area contributed by atoms with Crippen molar-refractivity contribution in [3.05, 3.63) is 50.9 Å². The van der Waals surface area contributed by atoms with E-state index in [1.54, 1.807) is 5.51 Å². The van der Waals surface area contributed by atoms with E-state index in [0.717, 1.165) is 42.6 Å². The molecular weight excluding hydrogens is 394 g/mol. The number of guanidine groups is 1. The van der Waals surface area contributed by atoms with Gasteiger partial charge in [-0.25, -0.2) is 4.98 Å². The Kier molecular flexibility index (Phi) is 6.91. The van der Waals surface area contributed by atoms with Gasteiger partial charge in [-0.05, 0) is 44.4 Å². The second-order valence-electron chi connectivity index (χ2n) is 6.94. The Labute approximate surface area is 174 Å². The van der Waals surface area contributed by atoms with Crippen molar-refractivity contribution in [2.75, 3.05) is 26.2 Å². The lowest BCUT2D eigenvalue weighted by molar-refractivity contribution is 0.0957. The molecule has 0 saturated heterocycles. The van der Waals surface area contributed by atoms with E-state index < -0.39 is 0 Å². The lowest BCUT2D eigenvalue weighted by Gasteiger charge is -2.16. The number of nitrogens with one attached hydrogen (secondary N) is 3. The molecule has 0 atom stereocenters. The molecule has 0 aliphatic heterocycles. The molecule has 1 aliphatic rings. The van der Waals surface area contributed by atoms with Crippen LogP contribution >= 0.6 is 22.9 Å². The first-order valence-electron chi connectivity index (χ1n) is 9.50. The number of hydrogen-bond acceptors (Lipinski definition) is 4. The van der Waals surface area contributed by atoms with Crippen LogP contribution in [0, 0.1) is 6.92 Å². The third-order valence-electron chi connectivity index (χ3n) is 4.83. The first-order valence-corrected chi connectivity index (χ1v) is 10.8. The van der Waals surface area contributed by atoms with Crippen LogP contribution in [0.4, 0.5) is 0 Å². The predicted molar refractivity (Wildman–Crippen MR) is 116 cm³/mol. The molecule has 1 fully saturated rings. The number of aromatic nitrogens is 1. The van der Waals surface area contributed by atoms with Crippen molar-refractivity contribution in [1.29, 1.82) is 0 Å². The topological polar surface area (TPSA) is 78.4 Å². The molecule has 1 saturated carbocycles. The monoisotopic (exact) mass is 419 g/mol. The number of hydrogen-bond donors (Lipinski definition) is 3. The van der Waals surface area contributed by atoms with Crippen molar-refractivity contribution >= 4 is 34.8 Å². The zero-order valence-corrected chi connectivity index (χ0v) is 17.8. The number of thiazole rings is 1. The van der Waals surface area contributed by atoms with Gasteiger partial charge in [0.05, 0.1) is 17.7 Å². The Balaban J connectivity index is 1.50. The van der Waals surface area contributed by atoms with Gasteiger partial charge in [0.2, 0.25) is 0 Å². The molecule has 8 heteroatoms. The normalized spacial score (nSPS) is 15.2. The minimum Gasteiger partial charge on any atom is -0.357 e. The standard InChI is InChI=1S/C20H26ClN5OS/c1-3-22-19(24-10-9-23-18(27)17-14(2)26-13-28-17)25-12-20(7-8-20)15-5-4-6-16(21)11-15/h4-6,11,13H,3,7-10,12H2,1-2H3,(H,23,27)(H2,22,24,25). The fourth-order valence-corrected chi connectivity index (χ4v) is 3.95. The van der Waals surface area contributed by atoms with Gasteiger partial charge in [-0.3, -0.25) is 9.79 Å². The molecule has 28 heavy (non-hydrogen) atoms. The molecule has 3 rings (SSSR count). The molecule has 0 unspecified atom stereocenters. The number of rotatable bonds is 8. The van der Waals surface area contributed by atoms with E-state index in [-0.39, 0.29) is 11.3 Å². The molecular formula is C20H26ClN5OS. The summed E-state index contributed by atoms with van der Waals surface area (Å²) in [6.07, 6.45) is 2.25. The largest absolute Gasteiger partial charge is 0.357 e. The van der Waals surface area contributed by atoms with Crippen molar-refractivity contribution < 1.29 is 4.79 Å². The van der Waals surface area contributed by atoms with Crippen molar-refractivity contribution in [2.24, 2.45) is 4.99 Å². The van der Waals surface area contributed by atoms with Gasteiger partial charge in [0, 0.05) is 30.1 Å². The summed E-state index contributed by atoms with van der Waals surface area (Å²) in [7, 11) is 0. The van der Waals surface area contributed by atoms with Gasteiger partial charge < -0.3 is 16.0 Å². The van der Waals surface area contributed by atoms with Gasteiger partial charge in [0.15, 0.2) is 5.96 Å². The molecule has 0 bridgehead atoms. The fraction of sp³-hybridized carbons (Fsp3) is 0.450. The Hall–Kier alpha value is -2.12. The Morgan fingerprint density at radius 3 is 2.71 bits per heavy atom. The lowest BCUT2D eigenvalue weighted by Crippen LogP contribution is -2.42. The summed E-state index contributed by atoms with van der Waals surface area (Å²) in [6, 6.07) is 8.07. The van der Waals surface area contributed by atoms with Gasteiger partial charge in [-0.15, -0.1) is 11.3 Å². The molecule has 1 amide bonds. The highest BCUT2D eigenvalue weighted by molar-refractivity contribution is 7.11. The fourth-order valence-electron chi connectivity index (χ4n) is 3.04. The smallest absolute Gasteiger partial charge is 0.263 e. The maximum Gasteiger partial charge on any atom is 0.263 e. The lowest BCUT2D eigenvalue weighted by atomic mass is 9.96. The summed E-state index contributed by atoms with van der Waals surface area (Å²) in [4.78, 5) is 21.7. The summed E-state index contributed by atoms with van der Waals surface area (Å²) in [5, 5.41) is 10.2. The molecule has 1 aliphatic carbocycles. The summed E-state index contributed by atoms with van der Waals surface area (Å²) in [6.45, 7) is 6.49. The van der Waals surface area contributed by atoms with E-state index in [0.29, 0.717) is 18.0 Å². The van der Waals surface area contributed by atoms with Crippen molar-refractivity contribution in [1.82, 2.24) is 20.9 Å². The highest BCUT2D eigenvalue weighted by atomic mass is 35.5. The predicted octanol–water partition coefficient (Wildman–Crippen LogP) is 3.12. The minimum atomic E-state index is -0.0818. The van der Waals surface area contributed by atoms with Crippen LogP contribution in [0.5, 0.6) is 0 Å². The summed E-state index contributed by atoms with van der Waals surface area (Å²) >= 11 is 7.51. The molecule has 0 radical (unpaired) electrons. The number of halogens is 1. The number of carbonyl (C=O) groups excluding carboxylic acids is 1. The number of nitrogens with zero attached hydrogens (tertiary/aromatic N) is 2. The van der Waals surface area contributed by atoms with E-state index in [1.165, 1.54) is 16.9 Å². The Morgan fingerprint density at radius 2 is 2.07 bits per heavy atom. The number of aliphatic imine (C=N–C) groups is 1. The highest BCUT2D eigenvalue weighted by Crippen LogP contribution is 2.48. The van der Waals surface area contributed by atoms with Crippen LogP contribution in [0.3, 0.4) is 0 Å². The molecule has 1 aromatic heterocycles. The average molecular weight is 420 g/mol. The van der Waals surface area contributed by atoms with Gasteiger partial charge in [-0.2, -0.15) is 0 Å². The number of amides is 1. The quantitative estimate of drug-likeness (QED) is 0.349. The first-order chi connectivity index (χ1) is 13.5. The molecule has 6 nitrogen and oxygen atoms in total. The van der Waals surface area contributed by atoms with Gasteiger partial charge in [-0.1, -0.05) is 23.7 Å². The maximum absolute atomic E-state index is 12.1. The van der Waals surface area contributed by atoms with Crippen LogP contribution in [-0.2, 0) is 5.41 Å². The van der Waals surface area contributed by atoms with Crippen LogP contribution in [0.2, 0.25) is 5.02 Å². The summed E-state index contributed by atoms with van der Waals surface area (Å²) in [5.41, 5.74) is 3.81. The zero-order chi connectivity index (χ0) is 20.0. The van der Waals surface area contributed by atoms with E-state index in [9.17, 15) is 4.79 Å². The van der Waals surface area contributed by atoms with Crippen molar-refractivity contribution in [3.63, 3.8) is 0 Å². The van der Waals surface area contributed by atoms with Crippen molar-refractivity contribution in [2.45, 2.75) is 32.1 Å². The number of aryl methyl sites for hydroxylation is 1. The second-order valence-corrected chi connectivity index (χ2v) is 8.23. The first kappa shape index (κ1) is 20.6. The van der Waals surface area contributed by atoms with Crippen LogP contribution in [-0.4, -0.2) is 43.0 Å². The van der Waals surface area contributed by atoms with E-state index in [4.69, 9.17) is 16.6 Å². The van der Waals surface area contributed by atoms with Crippen molar-refractivity contribution in [3.8, 4) is 0 Å². The Bertz CT molecular complexity index is 847. The average Bonchev–Trinajstić information content (AvgIpc) is 3.36. The zero-order valence-electron chi connectivity index (χ0n) is 16.2. The maximum atomic E-state index is 12.1. The summed E-state index contributed by atoms with van der Waals surface area (Å²) in [5.74, 6) is 0.681. The number of benzene rings is 1. The Morgan fingerprint density at radius 1 is 1.29 bits per heavy atom. The van der Waals surface area contributed by atoms with E-state index in [2.05, 4.69) is 27.0 Å². The molecule has 1 aromatic carbocycles. The van der Waals surface area contributed by atoms with Crippen LogP contribution in [0.25, 0.3) is 0 Å². The number of carbonyl (C=O) groups is 1. The van der Waals surface area contributed by atoms with Crippen LogP contribution < -0.4 is 16.0 Å². The third-order valence-corrected chi connectivity index (χ3v) is 5.99. The van der Waals surface area contributed by atoms with E-state index in [1.807, 2.05) is 32.0 Å². The molecule has 0 spiro atoms. The minimum absolute atomic E-state index is 0.0818. The van der Waals surface area contributed by atoms with E-state index >= 15 is 0 Å². The summed E-state index contributed by atoms with van der Waals surface area (Å²) < 4.78 is 0. The molecule has 3 N–H and O–H groups in total. The highest BCUT2D eigenvalue weighted by Gasteiger charge is 2.44. The van der Waals surface area contributed by atoms with Gasteiger partial charge in [0.25, 0.3) is 5.91 Å². The SMILES string of the molecule is CCNC(=NCC1(c2cccc(Cl)c2)CC1)NCCNC(=O)c1scnc1C. The third kappa shape index (κ3) is 5.23. The molecule has 1 heterocycles. The van der Waals surface area contributed by atoms with Gasteiger partial charge in [0.1, 0.15) is 4.88 Å². The molecule has 150 valence electrons. The second kappa shape index (κ2) is 9.39. The van der Waals surface area contributed by atoms with Crippen LogP contribution in [0.1, 0.15) is 40.7 Å².